The molecule has 120 valence electrons. The van der Waals surface area contributed by atoms with E-state index in [-0.39, 0.29) is 5.78 Å². The number of carbonyl (C=O) groups is 1. The smallest absolute Gasteiger partial charge is 0.193 e. The number of hydrogen-bond donors (Lipinski definition) is 0. The number of ketones is 1. The third-order valence-corrected chi connectivity index (χ3v) is 7.02. The molecule has 0 atom stereocenters. The molecule has 0 radical (unpaired) electrons. The van der Waals surface area contributed by atoms with E-state index < -0.39 is 0 Å². The normalized spacial score (nSPS) is 11.1. The number of thiazole rings is 1. The van der Waals surface area contributed by atoms with Crippen LogP contribution in [0, 0.1) is 13.8 Å². The molecular formula is C14H14N4OS4. The third kappa shape index (κ3) is 3.52. The molecule has 9 heteroatoms. The Labute approximate surface area is 150 Å². The average Bonchev–Trinajstić information content (AvgIpc) is 3.25. The van der Waals surface area contributed by atoms with Gasteiger partial charge < -0.3 is 0 Å². The number of Topliss-reactive ketones (excluding diaryl/α,β-unsaturated/α-hetero) is 1. The Morgan fingerprint density at radius 1 is 1.30 bits per heavy atom. The summed E-state index contributed by atoms with van der Waals surface area (Å²) in [6.07, 6.45) is 3.74. The zero-order valence-electron chi connectivity index (χ0n) is 12.8. The van der Waals surface area contributed by atoms with Gasteiger partial charge in [-0.05, 0) is 26.2 Å². The summed E-state index contributed by atoms with van der Waals surface area (Å²) in [7, 11) is 0. The molecule has 0 aliphatic carbocycles. The molecule has 0 amide bonds. The average molecular weight is 383 g/mol. The molecule has 0 unspecified atom stereocenters. The van der Waals surface area contributed by atoms with Gasteiger partial charge in [-0.25, -0.2) is 4.98 Å². The molecule has 0 aliphatic rings. The van der Waals surface area contributed by atoms with Crippen LogP contribution in [-0.2, 0) is 0 Å². The predicted molar refractivity (Wildman–Crippen MR) is 97.7 cm³/mol. The van der Waals surface area contributed by atoms with E-state index in [1.165, 1.54) is 23.1 Å². The minimum atomic E-state index is 0.104. The highest BCUT2D eigenvalue weighted by molar-refractivity contribution is 8.03. The second kappa shape index (κ2) is 7.16. The molecule has 0 aromatic carbocycles. The Hall–Kier alpha value is -1.16. The fraction of sp³-hybridized carbons (Fsp3) is 0.286. The van der Waals surface area contributed by atoms with E-state index in [0.717, 1.165) is 30.8 Å². The van der Waals surface area contributed by atoms with Crippen molar-refractivity contribution in [2.45, 2.75) is 22.5 Å². The van der Waals surface area contributed by atoms with Crippen LogP contribution >= 0.6 is 46.2 Å². The number of aryl methyl sites for hydroxylation is 1. The molecule has 3 aromatic heterocycles. The van der Waals surface area contributed by atoms with E-state index in [2.05, 4.69) is 15.2 Å². The molecule has 5 nitrogen and oxygen atoms in total. The van der Waals surface area contributed by atoms with Crippen LogP contribution in [0.25, 0.3) is 5.13 Å². The molecule has 0 bridgehead atoms. The molecule has 0 saturated heterocycles. The topological polar surface area (TPSA) is 60.7 Å². The largest absolute Gasteiger partial charge is 0.294 e. The lowest BCUT2D eigenvalue weighted by molar-refractivity contribution is 0.102. The van der Waals surface area contributed by atoms with Gasteiger partial charge in [-0.1, -0.05) is 34.9 Å². The van der Waals surface area contributed by atoms with Crippen LogP contribution in [0.3, 0.4) is 0 Å². The van der Waals surface area contributed by atoms with Crippen LogP contribution in [0.1, 0.15) is 21.7 Å². The minimum absolute atomic E-state index is 0.104. The summed E-state index contributed by atoms with van der Waals surface area (Å²) in [5.74, 6) is 0.470. The van der Waals surface area contributed by atoms with Gasteiger partial charge >= 0.3 is 0 Å². The highest BCUT2D eigenvalue weighted by atomic mass is 32.2. The first-order chi connectivity index (χ1) is 11.1. The summed E-state index contributed by atoms with van der Waals surface area (Å²) in [5, 5.41) is 11.0. The van der Waals surface area contributed by atoms with Gasteiger partial charge in [0.2, 0.25) is 0 Å². The maximum atomic E-state index is 12.6. The van der Waals surface area contributed by atoms with Crippen LogP contribution in [0.5, 0.6) is 0 Å². The van der Waals surface area contributed by atoms with E-state index in [1.807, 2.05) is 36.1 Å². The Bertz CT molecular complexity index is 822. The van der Waals surface area contributed by atoms with Gasteiger partial charge in [0.1, 0.15) is 0 Å². The molecule has 3 aromatic rings. The maximum absolute atomic E-state index is 12.6. The van der Waals surface area contributed by atoms with E-state index in [1.54, 1.807) is 29.3 Å². The molecule has 0 fully saturated rings. The molecule has 23 heavy (non-hydrogen) atoms. The quantitative estimate of drug-likeness (QED) is 0.472. The first-order valence-corrected chi connectivity index (χ1v) is 10.6. The lowest BCUT2D eigenvalue weighted by Crippen LogP contribution is -2.05. The Kier molecular flexibility index (Phi) is 5.20. The van der Waals surface area contributed by atoms with Gasteiger partial charge in [0, 0.05) is 28.5 Å². The molecule has 3 rings (SSSR count). The molecule has 3 heterocycles. The van der Waals surface area contributed by atoms with Gasteiger partial charge in [-0.3, -0.25) is 9.36 Å². The summed E-state index contributed by atoms with van der Waals surface area (Å²) in [5.41, 5.74) is 2.70. The monoisotopic (exact) mass is 382 g/mol. The van der Waals surface area contributed by atoms with Crippen molar-refractivity contribution in [1.29, 1.82) is 0 Å². The molecule has 0 saturated carbocycles. The highest BCUT2D eigenvalue weighted by Gasteiger charge is 2.18. The van der Waals surface area contributed by atoms with Crippen molar-refractivity contribution < 1.29 is 4.79 Å². The van der Waals surface area contributed by atoms with Gasteiger partial charge in [0.15, 0.2) is 19.6 Å². The van der Waals surface area contributed by atoms with Gasteiger partial charge in [0.25, 0.3) is 0 Å². The fourth-order valence-electron chi connectivity index (χ4n) is 2.21. The van der Waals surface area contributed by atoms with Crippen LogP contribution in [0.4, 0.5) is 0 Å². The van der Waals surface area contributed by atoms with Crippen molar-refractivity contribution in [3.63, 3.8) is 0 Å². The molecule has 0 N–H and O–H groups in total. The lowest BCUT2D eigenvalue weighted by Gasteiger charge is -2.05. The van der Waals surface area contributed by atoms with Gasteiger partial charge in [-0.2, -0.15) is 0 Å². The number of nitrogens with zero attached hydrogens (tertiary/aromatic N) is 4. The van der Waals surface area contributed by atoms with E-state index in [0.29, 0.717) is 5.75 Å². The van der Waals surface area contributed by atoms with E-state index >= 15 is 0 Å². The summed E-state index contributed by atoms with van der Waals surface area (Å²) < 4.78 is 3.78. The zero-order valence-corrected chi connectivity index (χ0v) is 16.0. The summed E-state index contributed by atoms with van der Waals surface area (Å²) >= 11 is 6.08. The first kappa shape index (κ1) is 16.7. The molecule has 0 spiro atoms. The molecular weight excluding hydrogens is 368 g/mol. The number of carbonyl (C=O) groups excluding carboxylic acids is 1. The highest BCUT2D eigenvalue weighted by Crippen LogP contribution is 2.29. The Morgan fingerprint density at radius 2 is 2.09 bits per heavy atom. The van der Waals surface area contributed by atoms with Crippen molar-refractivity contribution >= 4 is 52.0 Å². The second-order valence-corrected chi connectivity index (χ2v) is 8.81. The van der Waals surface area contributed by atoms with Crippen LogP contribution in [-0.4, -0.2) is 37.5 Å². The zero-order chi connectivity index (χ0) is 16.4. The Balaban J connectivity index is 1.76. The van der Waals surface area contributed by atoms with Gasteiger partial charge in [0.05, 0.1) is 5.75 Å². The fourth-order valence-corrected chi connectivity index (χ4v) is 5.28. The third-order valence-electron chi connectivity index (χ3n) is 3.23. The summed E-state index contributed by atoms with van der Waals surface area (Å²) in [6, 6.07) is 1.94. The van der Waals surface area contributed by atoms with Crippen LogP contribution in [0.15, 0.2) is 26.3 Å². The van der Waals surface area contributed by atoms with E-state index in [9.17, 15) is 4.79 Å². The first-order valence-electron chi connectivity index (χ1n) is 6.72. The van der Waals surface area contributed by atoms with E-state index in [4.69, 9.17) is 0 Å². The standard InChI is InChI=1S/C14H14N4OS4/c1-8-6-10(9(2)18(8)12-15-4-5-21-12)11(19)7-22-14-17-16-13(20-3)23-14/h4-6H,7H2,1-3H3. The van der Waals surface area contributed by atoms with Crippen LogP contribution < -0.4 is 0 Å². The minimum Gasteiger partial charge on any atom is -0.294 e. The van der Waals surface area contributed by atoms with Crippen molar-refractivity contribution in [2.75, 3.05) is 12.0 Å². The number of aromatic nitrogens is 4. The maximum Gasteiger partial charge on any atom is 0.193 e. The van der Waals surface area contributed by atoms with Crippen molar-refractivity contribution in [3.05, 3.63) is 34.6 Å². The number of thioether (sulfide) groups is 2. The van der Waals surface area contributed by atoms with Crippen molar-refractivity contribution in [3.8, 4) is 5.13 Å². The Morgan fingerprint density at radius 3 is 2.74 bits per heavy atom. The summed E-state index contributed by atoms with van der Waals surface area (Å²) in [4.78, 5) is 16.9. The van der Waals surface area contributed by atoms with Crippen molar-refractivity contribution in [2.24, 2.45) is 0 Å². The second-order valence-electron chi connectivity index (χ2n) is 4.68. The van der Waals surface area contributed by atoms with Crippen molar-refractivity contribution in [1.82, 2.24) is 19.7 Å². The number of hydrogen-bond acceptors (Lipinski definition) is 8. The van der Waals surface area contributed by atoms with Crippen LogP contribution in [0.2, 0.25) is 0 Å². The number of rotatable bonds is 6. The lowest BCUT2D eigenvalue weighted by atomic mass is 10.2. The predicted octanol–water partition coefficient (Wildman–Crippen LogP) is 4.10. The molecule has 0 aliphatic heterocycles. The SMILES string of the molecule is CSc1nnc(SCC(=O)c2cc(C)n(-c3nccs3)c2C)s1. The van der Waals surface area contributed by atoms with Gasteiger partial charge in [-0.15, -0.1) is 21.5 Å². The summed E-state index contributed by atoms with van der Waals surface area (Å²) in [6.45, 7) is 3.96.